The van der Waals surface area contributed by atoms with E-state index in [-0.39, 0.29) is 5.82 Å². The second-order valence-corrected chi connectivity index (χ2v) is 2.81. The summed E-state index contributed by atoms with van der Waals surface area (Å²) in [5.74, 6) is -0.324. The minimum Gasteiger partial charge on any atom is -0.265 e. The summed E-state index contributed by atoms with van der Waals surface area (Å²) in [5, 5.41) is 9.74. The third-order valence-electron chi connectivity index (χ3n) is 1.72. The maximum atomic E-state index is 11.3. The number of pyridine rings is 1. The number of nitrogens with one attached hydrogen (secondary N) is 2. The van der Waals surface area contributed by atoms with Gasteiger partial charge >= 0.3 is 5.91 Å². The molecule has 0 saturated carbocycles. The van der Waals surface area contributed by atoms with E-state index in [1.165, 1.54) is 12.5 Å². The number of aromatic nitrogens is 4. The number of carbonyl (C=O) groups is 1. The van der Waals surface area contributed by atoms with Crippen molar-refractivity contribution in [3.05, 3.63) is 42.2 Å². The van der Waals surface area contributed by atoms with Crippen molar-refractivity contribution in [2.75, 3.05) is 0 Å². The van der Waals surface area contributed by atoms with E-state index in [4.69, 9.17) is 0 Å². The SMILES string of the molecule is O=C(NN=Cc1ccncc1)c1ncn[nH]1. The molecule has 2 heterocycles. The number of carbonyl (C=O) groups excluding carboxylic acids is 1. The molecule has 2 rings (SSSR count). The maximum Gasteiger partial charge on any atom is 0.308 e. The number of rotatable bonds is 3. The van der Waals surface area contributed by atoms with Gasteiger partial charge in [0.05, 0.1) is 6.21 Å². The Morgan fingerprint density at radius 2 is 2.25 bits per heavy atom. The topological polar surface area (TPSA) is 95.9 Å². The van der Waals surface area contributed by atoms with Crippen molar-refractivity contribution in [1.82, 2.24) is 25.6 Å². The van der Waals surface area contributed by atoms with Gasteiger partial charge in [-0.3, -0.25) is 14.9 Å². The molecule has 0 aromatic carbocycles. The van der Waals surface area contributed by atoms with E-state index in [1.807, 2.05) is 0 Å². The Kier molecular flexibility index (Phi) is 2.98. The van der Waals surface area contributed by atoms with E-state index in [0.29, 0.717) is 0 Å². The Bertz CT molecular complexity index is 478. The first-order valence-corrected chi connectivity index (χ1v) is 4.45. The van der Waals surface area contributed by atoms with Gasteiger partial charge in [-0.05, 0) is 17.7 Å². The molecule has 0 spiro atoms. The van der Waals surface area contributed by atoms with Crippen LogP contribution in [0.2, 0.25) is 0 Å². The molecule has 0 fully saturated rings. The predicted octanol–water partition coefficient (Wildman–Crippen LogP) is -0.0364. The summed E-state index contributed by atoms with van der Waals surface area (Å²) in [5.41, 5.74) is 3.15. The van der Waals surface area contributed by atoms with Crippen LogP contribution in [0.5, 0.6) is 0 Å². The van der Waals surface area contributed by atoms with Crippen LogP contribution in [-0.2, 0) is 0 Å². The Labute approximate surface area is 90.6 Å². The fourth-order valence-electron chi connectivity index (χ4n) is 0.983. The number of hydrogen-bond acceptors (Lipinski definition) is 5. The Hall–Kier alpha value is -2.57. The molecule has 2 N–H and O–H groups in total. The molecule has 7 nitrogen and oxygen atoms in total. The normalized spacial score (nSPS) is 10.5. The molecule has 16 heavy (non-hydrogen) atoms. The van der Waals surface area contributed by atoms with Gasteiger partial charge in [-0.15, -0.1) is 0 Å². The highest BCUT2D eigenvalue weighted by Crippen LogP contribution is 1.90. The third kappa shape index (κ3) is 2.47. The Morgan fingerprint density at radius 1 is 1.44 bits per heavy atom. The van der Waals surface area contributed by atoms with Gasteiger partial charge in [0.1, 0.15) is 6.33 Å². The molecule has 0 aliphatic rings. The zero-order valence-electron chi connectivity index (χ0n) is 8.16. The Balaban J connectivity index is 1.93. The highest BCUT2D eigenvalue weighted by molar-refractivity contribution is 5.91. The number of amides is 1. The highest BCUT2D eigenvalue weighted by atomic mass is 16.2. The highest BCUT2D eigenvalue weighted by Gasteiger charge is 2.05. The van der Waals surface area contributed by atoms with Crippen molar-refractivity contribution in [2.45, 2.75) is 0 Å². The molecule has 0 atom stereocenters. The molecule has 2 aromatic rings. The monoisotopic (exact) mass is 216 g/mol. The summed E-state index contributed by atoms with van der Waals surface area (Å²) in [6, 6.07) is 3.54. The largest absolute Gasteiger partial charge is 0.308 e. The summed E-state index contributed by atoms with van der Waals surface area (Å²) in [4.78, 5) is 18.9. The maximum absolute atomic E-state index is 11.3. The van der Waals surface area contributed by atoms with Gasteiger partial charge in [0.2, 0.25) is 5.82 Å². The molecular formula is C9H8N6O. The van der Waals surface area contributed by atoms with Crippen LogP contribution >= 0.6 is 0 Å². The molecule has 80 valence electrons. The quantitative estimate of drug-likeness (QED) is 0.556. The first-order valence-electron chi connectivity index (χ1n) is 4.45. The lowest BCUT2D eigenvalue weighted by molar-refractivity contribution is 0.0945. The lowest BCUT2D eigenvalue weighted by atomic mass is 10.3. The minimum atomic E-state index is -0.442. The van der Waals surface area contributed by atoms with Crippen LogP contribution in [0.4, 0.5) is 0 Å². The molecule has 0 aliphatic carbocycles. The minimum absolute atomic E-state index is 0.117. The second kappa shape index (κ2) is 4.78. The lowest BCUT2D eigenvalue weighted by Crippen LogP contribution is -2.19. The number of nitrogens with zero attached hydrogens (tertiary/aromatic N) is 4. The summed E-state index contributed by atoms with van der Waals surface area (Å²) < 4.78 is 0. The molecule has 7 heteroatoms. The van der Waals surface area contributed by atoms with Gasteiger partial charge in [0, 0.05) is 12.4 Å². The number of H-pyrrole nitrogens is 1. The van der Waals surface area contributed by atoms with Crippen LogP contribution in [0.1, 0.15) is 16.2 Å². The number of aromatic amines is 1. The van der Waals surface area contributed by atoms with E-state index in [9.17, 15) is 4.79 Å². The smallest absolute Gasteiger partial charge is 0.265 e. The van der Waals surface area contributed by atoms with Gasteiger partial charge in [0.25, 0.3) is 0 Å². The van der Waals surface area contributed by atoms with Crippen LogP contribution in [0.15, 0.2) is 36.0 Å². The van der Waals surface area contributed by atoms with Gasteiger partial charge in [-0.1, -0.05) is 0 Å². The second-order valence-electron chi connectivity index (χ2n) is 2.81. The van der Waals surface area contributed by atoms with Gasteiger partial charge in [-0.25, -0.2) is 10.4 Å². The van der Waals surface area contributed by atoms with E-state index >= 15 is 0 Å². The first-order chi connectivity index (χ1) is 7.86. The van der Waals surface area contributed by atoms with Crippen LogP contribution in [0.3, 0.4) is 0 Å². The van der Waals surface area contributed by atoms with E-state index < -0.39 is 5.91 Å². The molecule has 0 unspecified atom stereocenters. The van der Waals surface area contributed by atoms with E-state index in [2.05, 4.69) is 30.7 Å². The molecule has 2 aromatic heterocycles. The number of hydrogen-bond donors (Lipinski definition) is 2. The van der Waals surface area contributed by atoms with Crippen molar-refractivity contribution in [2.24, 2.45) is 5.10 Å². The molecule has 0 saturated heterocycles. The zero-order valence-corrected chi connectivity index (χ0v) is 8.16. The van der Waals surface area contributed by atoms with Gasteiger partial charge in [-0.2, -0.15) is 10.2 Å². The number of hydrazone groups is 1. The summed E-state index contributed by atoms with van der Waals surface area (Å²) in [6.07, 6.45) is 6.04. The fourth-order valence-corrected chi connectivity index (χ4v) is 0.983. The fraction of sp³-hybridized carbons (Fsp3) is 0. The third-order valence-corrected chi connectivity index (χ3v) is 1.72. The molecular weight excluding hydrogens is 208 g/mol. The zero-order chi connectivity index (χ0) is 11.2. The molecule has 0 bridgehead atoms. The van der Waals surface area contributed by atoms with Crippen molar-refractivity contribution in [3.63, 3.8) is 0 Å². The van der Waals surface area contributed by atoms with Crippen LogP contribution in [-0.4, -0.2) is 32.3 Å². The Morgan fingerprint density at radius 3 is 2.94 bits per heavy atom. The van der Waals surface area contributed by atoms with Crippen molar-refractivity contribution in [1.29, 1.82) is 0 Å². The van der Waals surface area contributed by atoms with Crippen LogP contribution < -0.4 is 5.43 Å². The van der Waals surface area contributed by atoms with E-state index in [1.54, 1.807) is 24.5 Å². The van der Waals surface area contributed by atoms with Gasteiger partial charge in [0.15, 0.2) is 0 Å². The standard InChI is InChI=1S/C9H8N6O/c16-9(8-11-6-13-14-8)15-12-5-7-1-3-10-4-2-7/h1-6H,(H,15,16)(H,11,13,14). The lowest BCUT2D eigenvalue weighted by Gasteiger charge is -1.94. The average Bonchev–Trinajstić information content (AvgIpc) is 2.84. The van der Waals surface area contributed by atoms with Crippen molar-refractivity contribution in [3.8, 4) is 0 Å². The molecule has 1 amide bonds. The molecule has 0 radical (unpaired) electrons. The summed E-state index contributed by atoms with van der Waals surface area (Å²) >= 11 is 0. The van der Waals surface area contributed by atoms with Gasteiger partial charge < -0.3 is 0 Å². The summed E-state index contributed by atoms with van der Waals surface area (Å²) in [7, 11) is 0. The van der Waals surface area contributed by atoms with Crippen molar-refractivity contribution >= 4 is 12.1 Å². The summed E-state index contributed by atoms with van der Waals surface area (Å²) in [6.45, 7) is 0. The van der Waals surface area contributed by atoms with E-state index in [0.717, 1.165) is 5.56 Å². The van der Waals surface area contributed by atoms with Crippen molar-refractivity contribution < 1.29 is 4.79 Å². The predicted molar refractivity (Wildman–Crippen MR) is 55.7 cm³/mol. The van der Waals surface area contributed by atoms with Crippen LogP contribution in [0, 0.1) is 0 Å². The molecule has 0 aliphatic heterocycles. The average molecular weight is 216 g/mol. The van der Waals surface area contributed by atoms with Crippen LogP contribution in [0.25, 0.3) is 0 Å². The first kappa shape index (κ1) is 9.97.